The maximum Gasteiger partial charge on any atom is 0.507 e. The zero-order chi connectivity index (χ0) is 16.0. The van der Waals surface area contributed by atoms with Gasteiger partial charge in [0, 0.05) is 11.1 Å². The van der Waals surface area contributed by atoms with E-state index in [1.165, 1.54) is 6.07 Å². The van der Waals surface area contributed by atoms with Crippen molar-refractivity contribution in [2.75, 3.05) is 13.1 Å². The first-order valence-electron chi connectivity index (χ1n) is 6.95. The Hall–Kier alpha value is -1.21. The number of benzene rings is 1. The lowest BCUT2D eigenvalue weighted by Crippen LogP contribution is -2.52. The van der Waals surface area contributed by atoms with E-state index in [0.717, 1.165) is 32.0 Å². The van der Waals surface area contributed by atoms with Crippen LogP contribution in [0.25, 0.3) is 0 Å². The summed E-state index contributed by atoms with van der Waals surface area (Å²) in [7, 11) is 0. The molecule has 0 unspecified atom stereocenters. The van der Waals surface area contributed by atoms with Gasteiger partial charge in [0.25, 0.3) is 0 Å². The summed E-state index contributed by atoms with van der Waals surface area (Å²) in [4.78, 5) is 0. The van der Waals surface area contributed by atoms with Crippen LogP contribution in [0, 0.1) is 5.92 Å². The van der Waals surface area contributed by atoms with Gasteiger partial charge >= 0.3 is 12.2 Å². The van der Waals surface area contributed by atoms with Crippen molar-refractivity contribution in [2.45, 2.75) is 31.5 Å². The molecule has 0 atom stereocenters. The maximum absolute atomic E-state index is 13.2. The molecule has 1 aromatic rings. The molecular formula is C14H14ClF4NO2. The molecule has 0 radical (unpaired) electrons. The van der Waals surface area contributed by atoms with E-state index in [2.05, 4.69) is 14.8 Å². The topological polar surface area (TPSA) is 30.5 Å². The molecule has 2 heterocycles. The molecule has 22 heavy (non-hydrogen) atoms. The van der Waals surface area contributed by atoms with E-state index in [1.54, 1.807) is 0 Å². The molecule has 2 aliphatic rings. The Kier molecular flexibility index (Phi) is 3.89. The third-order valence-electron chi connectivity index (χ3n) is 3.90. The van der Waals surface area contributed by atoms with Gasteiger partial charge in [-0.3, -0.25) is 0 Å². The average Bonchev–Trinajstić information content (AvgIpc) is 2.43. The van der Waals surface area contributed by atoms with Gasteiger partial charge in [-0.1, -0.05) is 11.6 Å². The summed E-state index contributed by atoms with van der Waals surface area (Å²) in [6, 6.07) is 2.37. The summed E-state index contributed by atoms with van der Waals surface area (Å²) in [5, 5.41) is 3.43. The van der Waals surface area contributed by atoms with Gasteiger partial charge in [-0.05, 0) is 49.9 Å². The Balaban J connectivity index is 1.86. The highest BCUT2D eigenvalue weighted by Crippen LogP contribution is 2.48. The van der Waals surface area contributed by atoms with Crippen LogP contribution in [0.5, 0.6) is 11.5 Å². The molecule has 0 aromatic heterocycles. The van der Waals surface area contributed by atoms with E-state index in [0.29, 0.717) is 17.9 Å². The van der Waals surface area contributed by atoms with Gasteiger partial charge in [-0.2, -0.15) is 17.6 Å². The number of nitrogens with one attached hydrogen (secondary N) is 1. The Morgan fingerprint density at radius 2 is 1.59 bits per heavy atom. The van der Waals surface area contributed by atoms with Crippen molar-refractivity contribution >= 4 is 11.6 Å². The van der Waals surface area contributed by atoms with E-state index >= 15 is 0 Å². The fourth-order valence-electron chi connectivity index (χ4n) is 2.69. The van der Waals surface area contributed by atoms with Gasteiger partial charge in [-0.15, -0.1) is 0 Å². The highest BCUT2D eigenvalue weighted by atomic mass is 35.5. The molecular weight excluding hydrogens is 326 g/mol. The van der Waals surface area contributed by atoms with E-state index in [1.807, 2.05) is 0 Å². The third-order valence-corrected chi connectivity index (χ3v) is 4.25. The second kappa shape index (κ2) is 5.45. The highest BCUT2D eigenvalue weighted by Gasteiger charge is 2.66. The van der Waals surface area contributed by atoms with Crippen LogP contribution in [0.1, 0.15) is 18.4 Å². The largest absolute Gasteiger partial charge is 0.507 e. The molecule has 0 saturated carbocycles. The van der Waals surface area contributed by atoms with Gasteiger partial charge in [0.2, 0.25) is 0 Å². The number of alkyl halides is 4. The number of piperidine rings is 1. The minimum atomic E-state index is -4.72. The summed E-state index contributed by atoms with van der Waals surface area (Å²) in [6.07, 6.45) is -6.96. The van der Waals surface area contributed by atoms with Crippen molar-refractivity contribution in [3.63, 3.8) is 0 Å². The predicted octanol–water partition coefficient (Wildman–Crippen LogP) is 3.84. The lowest BCUT2D eigenvalue weighted by atomic mass is 9.91. The smallest absolute Gasteiger partial charge is 0.421 e. The number of rotatable bonds is 2. The summed E-state index contributed by atoms with van der Waals surface area (Å²) in [5.41, 5.74) is 0.594. The third kappa shape index (κ3) is 2.84. The Bertz CT molecular complexity index is 576. The van der Waals surface area contributed by atoms with Gasteiger partial charge in [-0.25, -0.2) is 0 Å². The summed E-state index contributed by atoms with van der Waals surface area (Å²) in [6.45, 7) is 1.77. The molecule has 0 aliphatic carbocycles. The van der Waals surface area contributed by atoms with E-state index in [-0.39, 0.29) is 5.02 Å². The van der Waals surface area contributed by atoms with Crippen LogP contribution in [-0.2, 0) is 6.42 Å². The Morgan fingerprint density at radius 1 is 1.05 bits per heavy atom. The first-order chi connectivity index (χ1) is 10.3. The van der Waals surface area contributed by atoms with Crippen molar-refractivity contribution in [1.29, 1.82) is 0 Å². The average molecular weight is 340 g/mol. The summed E-state index contributed by atoms with van der Waals surface area (Å²) in [5.74, 6) is -0.525. The van der Waals surface area contributed by atoms with Crippen molar-refractivity contribution in [3.05, 3.63) is 22.7 Å². The van der Waals surface area contributed by atoms with E-state index < -0.39 is 23.7 Å². The first kappa shape index (κ1) is 15.7. The number of ether oxygens (including phenoxy) is 2. The standard InChI is InChI=1S/C14H14ClF4NO2/c15-10-7-12-11(21-13(16,17)14(18,19)22-12)6-9(10)5-8-1-3-20-4-2-8/h6-8,20H,1-5H2. The van der Waals surface area contributed by atoms with Gasteiger partial charge in [0.05, 0.1) is 0 Å². The van der Waals surface area contributed by atoms with Gasteiger partial charge in [0.15, 0.2) is 11.5 Å². The van der Waals surface area contributed by atoms with Crippen molar-refractivity contribution < 1.29 is 27.0 Å². The Labute approximate surface area is 129 Å². The lowest BCUT2D eigenvalue weighted by Gasteiger charge is -2.32. The molecule has 1 N–H and O–H groups in total. The van der Waals surface area contributed by atoms with Crippen LogP contribution in [-0.4, -0.2) is 25.3 Å². The lowest BCUT2D eigenvalue weighted by molar-refractivity contribution is -0.391. The molecule has 3 rings (SSSR count). The zero-order valence-corrected chi connectivity index (χ0v) is 12.2. The fraction of sp³-hybridized carbons (Fsp3) is 0.571. The van der Waals surface area contributed by atoms with Crippen LogP contribution in [0.2, 0.25) is 5.02 Å². The number of halogens is 5. The summed E-state index contributed by atoms with van der Waals surface area (Å²) < 4.78 is 60.9. The van der Waals surface area contributed by atoms with Crippen LogP contribution in [0.3, 0.4) is 0 Å². The van der Waals surface area contributed by atoms with Crippen molar-refractivity contribution in [2.24, 2.45) is 5.92 Å². The predicted molar refractivity (Wildman–Crippen MR) is 71.9 cm³/mol. The number of hydrogen-bond donors (Lipinski definition) is 1. The molecule has 1 aromatic carbocycles. The zero-order valence-electron chi connectivity index (χ0n) is 11.5. The fourth-order valence-corrected chi connectivity index (χ4v) is 2.92. The number of hydrogen-bond acceptors (Lipinski definition) is 3. The second-order valence-corrected chi connectivity index (χ2v) is 5.93. The molecule has 1 fully saturated rings. The molecule has 0 bridgehead atoms. The molecule has 2 aliphatic heterocycles. The minimum Gasteiger partial charge on any atom is -0.421 e. The number of fused-ring (bicyclic) bond motifs is 1. The monoisotopic (exact) mass is 339 g/mol. The molecule has 8 heteroatoms. The van der Waals surface area contributed by atoms with Crippen molar-refractivity contribution in [1.82, 2.24) is 5.32 Å². The minimum absolute atomic E-state index is 0.210. The van der Waals surface area contributed by atoms with Crippen LogP contribution < -0.4 is 14.8 Å². The highest BCUT2D eigenvalue weighted by molar-refractivity contribution is 6.31. The van der Waals surface area contributed by atoms with Gasteiger partial charge in [0.1, 0.15) is 0 Å². The summed E-state index contributed by atoms with van der Waals surface area (Å²) >= 11 is 6.06. The van der Waals surface area contributed by atoms with Gasteiger partial charge < -0.3 is 14.8 Å². The van der Waals surface area contributed by atoms with Crippen LogP contribution >= 0.6 is 11.6 Å². The second-order valence-electron chi connectivity index (χ2n) is 5.53. The SMILES string of the molecule is FC1(F)Oc2cc(Cl)c(CC3CCNCC3)cc2OC1(F)F. The van der Waals surface area contributed by atoms with Crippen LogP contribution in [0.15, 0.2) is 12.1 Å². The normalized spacial score (nSPS) is 23.3. The Morgan fingerprint density at radius 3 is 2.18 bits per heavy atom. The molecule has 0 spiro atoms. The molecule has 3 nitrogen and oxygen atoms in total. The quantitative estimate of drug-likeness (QED) is 0.830. The molecule has 122 valence electrons. The van der Waals surface area contributed by atoms with Crippen molar-refractivity contribution in [3.8, 4) is 11.5 Å². The first-order valence-corrected chi connectivity index (χ1v) is 7.33. The maximum atomic E-state index is 13.2. The van der Waals surface area contributed by atoms with E-state index in [9.17, 15) is 17.6 Å². The molecule has 0 amide bonds. The molecule has 1 saturated heterocycles. The van der Waals surface area contributed by atoms with Crippen LogP contribution in [0.4, 0.5) is 17.6 Å². The van der Waals surface area contributed by atoms with E-state index in [4.69, 9.17) is 11.6 Å².